The largest absolute Gasteiger partial charge is 0.327 e. The zero-order valence-corrected chi connectivity index (χ0v) is 11.6. The minimum Gasteiger partial charge on any atom is -0.327 e. The van der Waals surface area contributed by atoms with Crippen molar-refractivity contribution in [2.75, 3.05) is 33.2 Å². The van der Waals surface area contributed by atoms with Crippen molar-refractivity contribution >= 4 is 0 Å². The second-order valence-corrected chi connectivity index (χ2v) is 6.17. The number of nitrogens with zero attached hydrogens (tertiary/aromatic N) is 2. The summed E-state index contributed by atoms with van der Waals surface area (Å²) in [6, 6.07) is 1.15. The maximum atomic E-state index is 6.27. The maximum Gasteiger partial charge on any atom is 0.0194 e. The van der Waals surface area contributed by atoms with Crippen LogP contribution < -0.4 is 5.73 Å². The Morgan fingerprint density at radius 2 is 1.88 bits per heavy atom. The lowest BCUT2D eigenvalue weighted by molar-refractivity contribution is 0.145. The third-order valence-corrected chi connectivity index (χ3v) is 4.62. The smallest absolute Gasteiger partial charge is 0.0194 e. The van der Waals surface area contributed by atoms with Gasteiger partial charge in [-0.3, -0.25) is 4.90 Å². The van der Waals surface area contributed by atoms with Crippen LogP contribution in [0.25, 0.3) is 0 Å². The first-order valence-electron chi connectivity index (χ1n) is 7.35. The summed E-state index contributed by atoms with van der Waals surface area (Å²) in [7, 11) is 2.24. The molecule has 0 aromatic carbocycles. The van der Waals surface area contributed by atoms with Crippen molar-refractivity contribution in [3.63, 3.8) is 0 Å². The van der Waals surface area contributed by atoms with E-state index < -0.39 is 0 Å². The zero-order chi connectivity index (χ0) is 12.3. The van der Waals surface area contributed by atoms with E-state index in [1.807, 2.05) is 0 Å². The number of rotatable bonds is 2. The van der Waals surface area contributed by atoms with Crippen LogP contribution in [0.15, 0.2) is 0 Å². The summed E-state index contributed by atoms with van der Waals surface area (Å²) >= 11 is 0. The van der Waals surface area contributed by atoms with Gasteiger partial charge in [0.15, 0.2) is 0 Å². The molecule has 0 radical (unpaired) electrons. The molecule has 0 amide bonds. The van der Waals surface area contributed by atoms with E-state index in [2.05, 4.69) is 23.8 Å². The van der Waals surface area contributed by atoms with E-state index in [0.717, 1.165) is 5.92 Å². The van der Waals surface area contributed by atoms with Gasteiger partial charge in [-0.2, -0.15) is 0 Å². The monoisotopic (exact) mass is 239 g/mol. The fourth-order valence-electron chi connectivity index (χ4n) is 3.46. The molecule has 0 aromatic rings. The van der Waals surface area contributed by atoms with Crippen LogP contribution >= 0.6 is 0 Å². The van der Waals surface area contributed by atoms with Crippen LogP contribution in [-0.2, 0) is 0 Å². The maximum absolute atomic E-state index is 6.27. The predicted molar refractivity (Wildman–Crippen MR) is 73.1 cm³/mol. The van der Waals surface area contributed by atoms with E-state index in [4.69, 9.17) is 5.73 Å². The third-order valence-electron chi connectivity index (χ3n) is 4.62. The van der Waals surface area contributed by atoms with E-state index in [1.54, 1.807) is 0 Å². The Balaban J connectivity index is 1.87. The lowest BCUT2D eigenvalue weighted by atomic mass is 9.84. The van der Waals surface area contributed by atoms with Gasteiger partial charge in [-0.05, 0) is 52.2 Å². The van der Waals surface area contributed by atoms with Crippen LogP contribution in [0.5, 0.6) is 0 Å². The number of hydrogen-bond donors (Lipinski definition) is 1. The summed E-state index contributed by atoms with van der Waals surface area (Å²) in [6.45, 7) is 7.32. The van der Waals surface area contributed by atoms with E-state index in [1.165, 1.54) is 58.3 Å². The van der Waals surface area contributed by atoms with Gasteiger partial charge in [-0.15, -0.1) is 0 Å². The molecular formula is C14H29N3. The van der Waals surface area contributed by atoms with Gasteiger partial charge in [-0.1, -0.05) is 12.8 Å². The van der Waals surface area contributed by atoms with Crippen LogP contribution in [0.1, 0.15) is 39.0 Å². The summed E-state index contributed by atoms with van der Waals surface area (Å²) in [5.41, 5.74) is 6.27. The van der Waals surface area contributed by atoms with Gasteiger partial charge in [-0.25, -0.2) is 0 Å². The van der Waals surface area contributed by atoms with Crippen LogP contribution in [0.4, 0.5) is 0 Å². The SMILES string of the molecule is CC1CN(C)CCCN1CC1CCCCC1N. The Kier molecular flexibility index (Phi) is 4.83. The van der Waals surface area contributed by atoms with E-state index in [0.29, 0.717) is 12.1 Å². The first kappa shape index (κ1) is 13.3. The summed E-state index contributed by atoms with van der Waals surface area (Å²) in [5, 5.41) is 0. The molecule has 1 saturated heterocycles. The van der Waals surface area contributed by atoms with Crippen molar-refractivity contribution in [2.45, 2.75) is 51.1 Å². The van der Waals surface area contributed by atoms with Crippen LogP contribution in [0.3, 0.4) is 0 Å². The normalized spacial score (nSPS) is 37.9. The van der Waals surface area contributed by atoms with Gasteiger partial charge in [0.25, 0.3) is 0 Å². The highest BCUT2D eigenvalue weighted by molar-refractivity contribution is 4.84. The van der Waals surface area contributed by atoms with Gasteiger partial charge in [0.2, 0.25) is 0 Å². The molecule has 3 atom stereocenters. The van der Waals surface area contributed by atoms with Gasteiger partial charge >= 0.3 is 0 Å². The number of hydrogen-bond acceptors (Lipinski definition) is 3. The molecule has 1 aliphatic carbocycles. The predicted octanol–water partition coefficient (Wildman–Crippen LogP) is 1.53. The highest BCUT2D eigenvalue weighted by atomic mass is 15.2. The summed E-state index contributed by atoms with van der Waals surface area (Å²) < 4.78 is 0. The average molecular weight is 239 g/mol. The van der Waals surface area contributed by atoms with Gasteiger partial charge in [0.05, 0.1) is 0 Å². The average Bonchev–Trinajstić information content (AvgIpc) is 2.44. The fraction of sp³-hybridized carbons (Fsp3) is 1.00. The molecule has 3 nitrogen and oxygen atoms in total. The van der Waals surface area contributed by atoms with Gasteiger partial charge < -0.3 is 10.6 Å². The molecule has 0 spiro atoms. The Bertz CT molecular complexity index is 232. The van der Waals surface area contributed by atoms with Crippen molar-refractivity contribution in [3.05, 3.63) is 0 Å². The van der Waals surface area contributed by atoms with Crippen LogP contribution in [0.2, 0.25) is 0 Å². The molecule has 17 heavy (non-hydrogen) atoms. The summed E-state index contributed by atoms with van der Waals surface area (Å²) in [5.74, 6) is 0.745. The second kappa shape index (κ2) is 6.17. The number of nitrogens with two attached hydrogens (primary N) is 1. The molecule has 0 bridgehead atoms. The van der Waals surface area contributed by atoms with E-state index in [9.17, 15) is 0 Å². The first-order chi connectivity index (χ1) is 8.16. The first-order valence-corrected chi connectivity index (χ1v) is 7.35. The molecule has 2 N–H and O–H groups in total. The molecule has 2 rings (SSSR count). The number of likely N-dealkylation sites (N-methyl/N-ethyl adjacent to an activating group) is 1. The molecular weight excluding hydrogens is 210 g/mol. The molecule has 1 heterocycles. The molecule has 100 valence electrons. The molecule has 3 unspecified atom stereocenters. The van der Waals surface area contributed by atoms with Crippen LogP contribution in [0, 0.1) is 5.92 Å². The van der Waals surface area contributed by atoms with Crippen LogP contribution in [-0.4, -0.2) is 55.1 Å². The summed E-state index contributed by atoms with van der Waals surface area (Å²) in [4.78, 5) is 5.14. The molecule has 1 aliphatic heterocycles. The highest BCUT2D eigenvalue weighted by Gasteiger charge is 2.27. The van der Waals surface area contributed by atoms with Gasteiger partial charge in [0, 0.05) is 25.2 Å². The minimum atomic E-state index is 0.455. The fourth-order valence-corrected chi connectivity index (χ4v) is 3.46. The van der Waals surface area contributed by atoms with E-state index >= 15 is 0 Å². The van der Waals surface area contributed by atoms with Crippen molar-refractivity contribution in [1.29, 1.82) is 0 Å². The lowest BCUT2D eigenvalue weighted by Gasteiger charge is -2.36. The second-order valence-electron chi connectivity index (χ2n) is 6.17. The third kappa shape index (κ3) is 3.67. The topological polar surface area (TPSA) is 32.5 Å². The van der Waals surface area contributed by atoms with Crippen molar-refractivity contribution < 1.29 is 0 Å². The summed E-state index contributed by atoms with van der Waals surface area (Å²) in [6.07, 6.45) is 6.63. The Morgan fingerprint density at radius 1 is 1.12 bits per heavy atom. The standard InChI is InChI=1S/C14H29N3/c1-12-10-16(2)8-5-9-17(12)11-13-6-3-4-7-14(13)15/h12-14H,3-11,15H2,1-2H3. The Morgan fingerprint density at radius 3 is 2.65 bits per heavy atom. The molecule has 2 fully saturated rings. The Hall–Kier alpha value is -0.120. The van der Waals surface area contributed by atoms with Gasteiger partial charge in [0.1, 0.15) is 0 Å². The van der Waals surface area contributed by atoms with Crippen molar-refractivity contribution in [2.24, 2.45) is 11.7 Å². The molecule has 0 aromatic heterocycles. The van der Waals surface area contributed by atoms with E-state index in [-0.39, 0.29) is 0 Å². The molecule has 1 saturated carbocycles. The minimum absolute atomic E-state index is 0.455. The lowest BCUT2D eigenvalue weighted by Crippen LogP contribution is -2.45. The Labute approximate surface area is 106 Å². The molecule has 2 aliphatic rings. The van der Waals surface area contributed by atoms with Crippen molar-refractivity contribution in [3.8, 4) is 0 Å². The highest BCUT2D eigenvalue weighted by Crippen LogP contribution is 2.25. The quantitative estimate of drug-likeness (QED) is 0.793. The zero-order valence-electron chi connectivity index (χ0n) is 11.6. The van der Waals surface area contributed by atoms with Crippen molar-refractivity contribution in [1.82, 2.24) is 9.80 Å². The molecule has 3 heteroatoms.